The first-order valence-electron chi connectivity index (χ1n) is 8.12. The summed E-state index contributed by atoms with van der Waals surface area (Å²) in [6, 6.07) is 0. The Morgan fingerprint density at radius 2 is 2.14 bits per heavy atom. The molecule has 3 rings (SSSR count). The number of hydrogen-bond donors (Lipinski definition) is 1. The number of nitrogens with zero attached hydrogens (tertiary/aromatic N) is 2. The van der Waals surface area contributed by atoms with Gasteiger partial charge in [0.25, 0.3) is 0 Å². The second kappa shape index (κ2) is 5.88. The van der Waals surface area contributed by atoms with E-state index in [2.05, 4.69) is 23.1 Å². The van der Waals surface area contributed by atoms with Crippen LogP contribution in [0.5, 0.6) is 0 Å². The van der Waals surface area contributed by atoms with Crippen LogP contribution in [0.1, 0.15) is 32.6 Å². The van der Waals surface area contributed by atoms with Crippen molar-refractivity contribution in [3.63, 3.8) is 0 Å². The maximum absolute atomic E-state index is 12.2. The van der Waals surface area contributed by atoms with Crippen LogP contribution >= 0.6 is 0 Å². The highest BCUT2D eigenvalue weighted by molar-refractivity contribution is 5.86. The van der Waals surface area contributed by atoms with Crippen LogP contribution in [0.15, 0.2) is 23.8 Å². The molecule has 2 heterocycles. The fourth-order valence-electron chi connectivity index (χ4n) is 3.64. The van der Waals surface area contributed by atoms with E-state index in [1.54, 1.807) is 4.90 Å². The first-order chi connectivity index (χ1) is 10.5. The van der Waals surface area contributed by atoms with Crippen molar-refractivity contribution < 1.29 is 14.7 Å². The van der Waals surface area contributed by atoms with Crippen molar-refractivity contribution in [1.29, 1.82) is 0 Å². The minimum absolute atomic E-state index is 0.0454. The number of carbonyl (C=O) groups is 2. The van der Waals surface area contributed by atoms with Gasteiger partial charge in [0.15, 0.2) is 0 Å². The summed E-state index contributed by atoms with van der Waals surface area (Å²) >= 11 is 0. The highest BCUT2D eigenvalue weighted by Crippen LogP contribution is 2.33. The van der Waals surface area contributed by atoms with Gasteiger partial charge in [-0.3, -0.25) is 14.5 Å². The number of carboxylic acids is 1. The molecule has 120 valence electrons. The largest absolute Gasteiger partial charge is 0.481 e. The topological polar surface area (TPSA) is 60.9 Å². The first-order valence-corrected chi connectivity index (χ1v) is 8.12. The SMILES string of the molecule is CC1(N2CC(C(=O)O)CC2=O)C=CC(CN2CCCC2)=CC1. The second-order valence-electron chi connectivity index (χ2n) is 6.90. The molecule has 2 fully saturated rings. The van der Waals surface area contributed by atoms with Crippen LogP contribution < -0.4 is 0 Å². The van der Waals surface area contributed by atoms with Crippen LogP contribution in [0.4, 0.5) is 0 Å². The maximum Gasteiger partial charge on any atom is 0.308 e. The van der Waals surface area contributed by atoms with Crippen LogP contribution in [-0.2, 0) is 9.59 Å². The fourth-order valence-corrected chi connectivity index (χ4v) is 3.64. The van der Waals surface area contributed by atoms with Gasteiger partial charge in [0.2, 0.25) is 5.91 Å². The number of carbonyl (C=O) groups excluding carboxylic acids is 1. The summed E-state index contributed by atoms with van der Waals surface area (Å²) < 4.78 is 0. The zero-order valence-corrected chi connectivity index (χ0v) is 13.1. The normalized spacial score (nSPS) is 32.6. The van der Waals surface area contributed by atoms with E-state index in [-0.39, 0.29) is 17.9 Å². The molecule has 5 heteroatoms. The van der Waals surface area contributed by atoms with Gasteiger partial charge in [-0.2, -0.15) is 0 Å². The molecule has 5 nitrogen and oxygen atoms in total. The van der Waals surface area contributed by atoms with Gasteiger partial charge in [0, 0.05) is 19.5 Å². The Bertz CT molecular complexity index is 534. The minimum Gasteiger partial charge on any atom is -0.481 e. The lowest BCUT2D eigenvalue weighted by Gasteiger charge is -2.38. The van der Waals surface area contributed by atoms with E-state index < -0.39 is 11.9 Å². The zero-order valence-electron chi connectivity index (χ0n) is 13.1. The predicted molar refractivity (Wildman–Crippen MR) is 83.4 cm³/mol. The van der Waals surface area contributed by atoms with Crippen molar-refractivity contribution in [1.82, 2.24) is 9.80 Å². The molecule has 0 spiro atoms. The summed E-state index contributed by atoms with van der Waals surface area (Å²) in [5.74, 6) is -1.48. The van der Waals surface area contributed by atoms with E-state index in [9.17, 15) is 9.59 Å². The molecule has 0 radical (unpaired) electrons. The maximum atomic E-state index is 12.2. The number of rotatable bonds is 4. The average Bonchev–Trinajstić information content (AvgIpc) is 3.11. The second-order valence-corrected chi connectivity index (χ2v) is 6.90. The van der Waals surface area contributed by atoms with Crippen LogP contribution in [-0.4, -0.2) is 58.5 Å². The van der Waals surface area contributed by atoms with E-state index in [0.29, 0.717) is 6.54 Å². The summed E-state index contributed by atoms with van der Waals surface area (Å²) in [6.45, 7) is 5.68. The number of likely N-dealkylation sites (tertiary alicyclic amines) is 2. The lowest BCUT2D eigenvalue weighted by Crippen LogP contribution is -2.46. The Balaban J connectivity index is 1.64. The van der Waals surface area contributed by atoms with Crippen LogP contribution in [0.2, 0.25) is 0 Å². The summed E-state index contributed by atoms with van der Waals surface area (Å²) in [7, 11) is 0. The molecule has 0 bridgehead atoms. The molecule has 1 aliphatic carbocycles. The average molecular weight is 304 g/mol. The molecule has 2 atom stereocenters. The monoisotopic (exact) mass is 304 g/mol. The quantitative estimate of drug-likeness (QED) is 0.858. The highest BCUT2D eigenvalue weighted by Gasteiger charge is 2.42. The molecule has 0 aromatic carbocycles. The Kier molecular flexibility index (Phi) is 4.08. The van der Waals surface area contributed by atoms with Gasteiger partial charge in [-0.05, 0) is 44.8 Å². The van der Waals surface area contributed by atoms with E-state index in [1.165, 1.54) is 31.5 Å². The number of amides is 1. The summed E-state index contributed by atoms with van der Waals surface area (Å²) in [5, 5.41) is 9.12. The zero-order chi connectivity index (χ0) is 15.7. The molecule has 0 aromatic rings. The van der Waals surface area contributed by atoms with Gasteiger partial charge >= 0.3 is 5.97 Å². The van der Waals surface area contributed by atoms with Crippen molar-refractivity contribution in [3.8, 4) is 0 Å². The molecule has 1 amide bonds. The molecule has 1 N–H and O–H groups in total. The number of carboxylic acid groups (broad SMARTS) is 1. The predicted octanol–water partition coefficient (Wildman–Crippen LogP) is 1.66. The van der Waals surface area contributed by atoms with Gasteiger partial charge in [-0.25, -0.2) is 0 Å². The van der Waals surface area contributed by atoms with E-state index in [4.69, 9.17) is 5.11 Å². The third-order valence-corrected chi connectivity index (χ3v) is 5.13. The van der Waals surface area contributed by atoms with Crippen LogP contribution in [0.3, 0.4) is 0 Å². The third kappa shape index (κ3) is 2.95. The first kappa shape index (κ1) is 15.3. The van der Waals surface area contributed by atoms with Crippen molar-refractivity contribution >= 4 is 11.9 Å². The molecular formula is C17H24N2O3. The minimum atomic E-state index is -0.871. The molecular weight excluding hydrogens is 280 g/mol. The van der Waals surface area contributed by atoms with E-state index in [0.717, 1.165) is 13.0 Å². The van der Waals surface area contributed by atoms with Gasteiger partial charge in [-0.1, -0.05) is 18.2 Å². The lowest BCUT2D eigenvalue weighted by molar-refractivity contribution is -0.141. The summed E-state index contributed by atoms with van der Waals surface area (Å²) in [5.41, 5.74) is 0.927. The highest BCUT2D eigenvalue weighted by atomic mass is 16.4. The van der Waals surface area contributed by atoms with Gasteiger partial charge in [-0.15, -0.1) is 0 Å². The smallest absolute Gasteiger partial charge is 0.308 e. The van der Waals surface area contributed by atoms with Crippen LogP contribution in [0.25, 0.3) is 0 Å². The fraction of sp³-hybridized carbons (Fsp3) is 0.647. The Labute approximate surface area is 131 Å². The Morgan fingerprint density at radius 1 is 1.41 bits per heavy atom. The molecule has 2 unspecified atom stereocenters. The van der Waals surface area contributed by atoms with Gasteiger partial charge < -0.3 is 10.0 Å². The van der Waals surface area contributed by atoms with E-state index >= 15 is 0 Å². The summed E-state index contributed by atoms with van der Waals surface area (Å²) in [6.07, 6.45) is 9.87. The molecule has 22 heavy (non-hydrogen) atoms. The van der Waals surface area contributed by atoms with Crippen molar-refractivity contribution in [3.05, 3.63) is 23.8 Å². The Hall–Kier alpha value is -1.62. The molecule has 0 aromatic heterocycles. The van der Waals surface area contributed by atoms with Crippen LogP contribution in [0, 0.1) is 5.92 Å². The van der Waals surface area contributed by atoms with Crippen molar-refractivity contribution in [2.75, 3.05) is 26.2 Å². The third-order valence-electron chi connectivity index (χ3n) is 5.13. The number of aliphatic carboxylic acids is 1. The standard InChI is InChI=1S/C17H24N2O3/c1-17(19-12-14(16(21)22)10-15(19)20)6-4-13(5-7-17)11-18-8-2-3-9-18/h4-6,14H,2-3,7-12H2,1H3,(H,21,22). The lowest BCUT2D eigenvalue weighted by atomic mass is 9.88. The van der Waals surface area contributed by atoms with Crippen molar-refractivity contribution in [2.45, 2.75) is 38.1 Å². The van der Waals surface area contributed by atoms with Gasteiger partial charge in [0.05, 0.1) is 11.5 Å². The van der Waals surface area contributed by atoms with Gasteiger partial charge in [0.1, 0.15) is 0 Å². The van der Waals surface area contributed by atoms with E-state index in [1.807, 2.05) is 6.92 Å². The summed E-state index contributed by atoms with van der Waals surface area (Å²) in [4.78, 5) is 27.5. The Morgan fingerprint density at radius 3 is 2.68 bits per heavy atom. The van der Waals surface area contributed by atoms with Crippen molar-refractivity contribution in [2.24, 2.45) is 5.92 Å². The molecule has 3 aliphatic rings. The molecule has 2 saturated heterocycles. The number of hydrogen-bond acceptors (Lipinski definition) is 3. The molecule has 2 aliphatic heterocycles. The molecule has 0 saturated carbocycles.